The van der Waals surface area contributed by atoms with Crippen molar-refractivity contribution >= 4 is 17.5 Å². The van der Waals surface area contributed by atoms with Crippen LogP contribution in [-0.4, -0.2) is 41.2 Å². The van der Waals surface area contributed by atoms with Crippen molar-refractivity contribution < 1.29 is 9.59 Å². The molecule has 0 aromatic heterocycles. The van der Waals surface area contributed by atoms with Crippen LogP contribution < -0.4 is 0 Å². The van der Waals surface area contributed by atoms with E-state index < -0.39 is 0 Å². The zero-order chi connectivity index (χ0) is 19.6. The molecule has 0 unspecified atom stereocenters. The van der Waals surface area contributed by atoms with Gasteiger partial charge in [0.15, 0.2) is 5.69 Å². The molecule has 1 spiro atoms. The van der Waals surface area contributed by atoms with E-state index in [0.29, 0.717) is 43.7 Å². The largest absolute Gasteiger partial charge is 0.339 e. The van der Waals surface area contributed by atoms with Crippen LogP contribution >= 0.6 is 0 Å². The molecular formula is C23H23N3O2. The number of benzene rings is 2. The minimum absolute atomic E-state index is 0.0451. The van der Waals surface area contributed by atoms with Crippen LogP contribution in [0.15, 0.2) is 54.6 Å². The summed E-state index contributed by atoms with van der Waals surface area (Å²) in [5, 5.41) is 0. The summed E-state index contributed by atoms with van der Waals surface area (Å²) in [6, 6.07) is 16.8. The van der Waals surface area contributed by atoms with Gasteiger partial charge in [0.05, 0.1) is 12.0 Å². The lowest BCUT2D eigenvalue weighted by molar-refractivity contribution is -0.138. The fourth-order valence-corrected chi connectivity index (χ4v) is 4.37. The van der Waals surface area contributed by atoms with E-state index in [1.807, 2.05) is 58.3 Å². The number of para-hydroxylation sites is 1. The molecule has 0 bridgehead atoms. The third-order valence-corrected chi connectivity index (χ3v) is 6.10. The van der Waals surface area contributed by atoms with Gasteiger partial charge in [0.25, 0.3) is 5.91 Å². The Morgan fingerprint density at radius 1 is 0.964 bits per heavy atom. The predicted octanol–water partition coefficient (Wildman–Crippen LogP) is 3.89. The number of carbonyl (C=O) groups excluding carboxylic acids is 2. The molecule has 2 aliphatic rings. The number of amides is 2. The minimum Gasteiger partial charge on any atom is -0.339 e. The molecule has 2 aromatic rings. The van der Waals surface area contributed by atoms with E-state index in [1.165, 1.54) is 0 Å². The summed E-state index contributed by atoms with van der Waals surface area (Å²) in [5.74, 6) is 0.225. The molecule has 2 saturated heterocycles. The summed E-state index contributed by atoms with van der Waals surface area (Å²) < 4.78 is 0. The number of nitrogens with zero attached hydrogens (tertiary/aromatic N) is 3. The Labute approximate surface area is 165 Å². The molecule has 2 aromatic carbocycles. The van der Waals surface area contributed by atoms with Gasteiger partial charge in [-0.15, -0.1) is 0 Å². The van der Waals surface area contributed by atoms with E-state index in [1.54, 1.807) is 6.07 Å². The highest BCUT2D eigenvalue weighted by atomic mass is 16.2. The molecule has 0 aliphatic carbocycles. The normalized spacial score (nSPS) is 18.3. The Balaban J connectivity index is 1.42. The first-order valence-electron chi connectivity index (χ1n) is 9.72. The summed E-state index contributed by atoms with van der Waals surface area (Å²) in [6.45, 7) is 9.76. The first-order valence-corrected chi connectivity index (χ1v) is 9.72. The number of rotatable bonds is 3. The highest BCUT2D eigenvalue weighted by Gasteiger charge is 2.48. The van der Waals surface area contributed by atoms with Crippen molar-refractivity contribution in [1.82, 2.24) is 9.80 Å². The smallest absolute Gasteiger partial charge is 0.253 e. The Bertz CT molecular complexity index is 924. The van der Waals surface area contributed by atoms with Crippen LogP contribution in [0.3, 0.4) is 0 Å². The van der Waals surface area contributed by atoms with Crippen LogP contribution in [0.25, 0.3) is 4.85 Å². The van der Waals surface area contributed by atoms with Crippen molar-refractivity contribution in [3.8, 4) is 0 Å². The van der Waals surface area contributed by atoms with Gasteiger partial charge < -0.3 is 9.80 Å². The summed E-state index contributed by atoms with van der Waals surface area (Å²) in [5.41, 5.74) is 1.87. The quantitative estimate of drug-likeness (QED) is 0.766. The Morgan fingerprint density at radius 2 is 1.61 bits per heavy atom. The number of carbonyl (C=O) groups is 2. The average Bonchev–Trinajstić information content (AvgIpc) is 3.04. The molecule has 0 saturated carbocycles. The fraction of sp³-hybridized carbons (Fsp3) is 0.348. The maximum Gasteiger partial charge on any atom is 0.253 e. The van der Waals surface area contributed by atoms with Crippen molar-refractivity contribution in [2.75, 3.05) is 19.6 Å². The highest BCUT2D eigenvalue weighted by molar-refractivity contribution is 5.94. The lowest BCUT2D eigenvalue weighted by Crippen LogP contribution is -2.46. The van der Waals surface area contributed by atoms with Crippen molar-refractivity contribution in [2.24, 2.45) is 5.41 Å². The van der Waals surface area contributed by atoms with Crippen LogP contribution in [0.1, 0.15) is 35.2 Å². The first-order chi connectivity index (χ1) is 13.6. The summed E-state index contributed by atoms with van der Waals surface area (Å²) in [4.78, 5) is 33.2. The SMILES string of the molecule is [C-]#[N+]c1ccccc1CN1CCC2(CCN(C(=O)c3ccccc3)CC2)C1=O. The first kappa shape index (κ1) is 18.2. The highest BCUT2D eigenvalue weighted by Crippen LogP contribution is 2.42. The Hall–Kier alpha value is -3.13. The van der Waals surface area contributed by atoms with Gasteiger partial charge in [-0.3, -0.25) is 9.59 Å². The molecule has 0 N–H and O–H groups in total. The zero-order valence-corrected chi connectivity index (χ0v) is 15.8. The third kappa shape index (κ3) is 3.27. The molecular weight excluding hydrogens is 350 g/mol. The van der Waals surface area contributed by atoms with E-state index in [2.05, 4.69) is 4.85 Å². The van der Waals surface area contributed by atoms with E-state index in [-0.39, 0.29) is 17.2 Å². The standard InChI is InChI=1S/C23H23N3O2/c1-24-20-10-6-5-9-19(20)17-26-16-13-23(22(26)28)11-14-25(15-12-23)21(27)18-7-3-2-4-8-18/h2-10H,11-17H2. The molecule has 2 fully saturated rings. The molecule has 2 aliphatic heterocycles. The van der Waals surface area contributed by atoms with Gasteiger partial charge in [-0.2, -0.15) is 0 Å². The van der Waals surface area contributed by atoms with Gasteiger partial charge >= 0.3 is 0 Å². The predicted molar refractivity (Wildman–Crippen MR) is 107 cm³/mol. The Morgan fingerprint density at radius 3 is 2.32 bits per heavy atom. The maximum absolute atomic E-state index is 13.2. The van der Waals surface area contributed by atoms with Crippen molar-refractivity contribution in [1.29, 1.82) is 0 Å². The molecule has 28 heavy (non-hydrogen) atoms. The summed E-state index contributed by atoms with van der Waals surface area (Å²) in [6.07, 6.45) is 2.26. The minimum atomic E-state index is -0.347. The van der Waals surface area contributed by atoms with Crippen molar-refractivity contribution in [2.45, 2.75) is 25.8 Å². The topological polar surface area (TPSA) is 45.0 Å². The molecule has 4 rings (SSSR count). The van der Waals surface area contributed by atoms with E-state index in [4.69, 9.17) is 6.57 Å². The van der Waals surface area contributed by atoms with Gasteiger partial charge in [-0.05, 0) is 37.0 Å². The lowest BCUT2D eigenvalue weighted by atomic mass is 9.77. The second kappa shape index (κ2) is 7.47. The van der Waals surface area contributed by atoms with E-state index in [0.717, 1.165) is 18.5 Å². The maximum atomic E-state index is 13.2. The van der Waals surface area contributed by atoms with Gasteiger partial charge in [0, 0.05) is 31.7 Å². The summed E-state index contributed by atoms with van der Waals surface area (Å²) in [7, 11) is 0. The molecule has 2 amide bonds. The van der Waals surface area contributed by atoms with Crippen molar-refractivity contribution in [3.05, 3.63) is 77.1 Å². The molecule has 0 atom stereocenters. The van der Waals surface area contributed by atoms with Crippen LogP contribution in [0, 0.1) is 12.0 Å². The van der Waals surface area contributed by atoms with Gasteiger partial charge in [-0.25, -0.2) is 4.85 Å². The van der Waals surface area contributed by atoms with Gasteiger partial charge in [-0.1, -0.05) is 42.5 Å². The second-order valence-electron chi connectivity index (χ2n) is 7.66. The average molecular weight is 373 g/mol. The molecule has 5 heteroatoms. The Kier molecular flexibility index (Phi) is 4.87. The van der Waals surface area contributed by atoms with Crippen LogP contribution in [0.4, 0.5) is 5.69 Å². The van der Waals surface area contributed by atoms with E-state index >= 15 is 0 Å². The van der Waals surface area contributed by atoms with Gasteiger partial charge in [0.2, 0.25) is 5.91 Å². The molecule has 5 nitrogen and oxygen atoms in total. The van der Waals surface area contributed by atoms with Gasteiger partial charge in [0.1, 0.15) is 0 Å². The number of likely N-dealkylation sites (tertiary alicyclic amines) is 2. The summed E-state index contributed by atoms with van der Waals surface area (Å²) >= 11 is 0. The molecule has 0 radical (unpaired) electrons. The molecule has 142 valence electrons. The fourth-order valence-electron chi connectivity index (χ4n) is 4.37. The number of piperidine rings is 1. The lowest BCUT2D eigenvalue weighted by Gasteiger charge is -2.38. The zero-order valence-electron chi connectivity index (χ0n) is 15.8. The van der Waals surface area contributed by atoms with Crippen LogP contribution in [-0.2, 0) is 11.3 Å². The van der Waals surface area contributed by atoms with Crippen molar-refractivity contribution in [3.63, 3.8) is 0 Å². The number of hydrogen-bond acceptors (Lipinski definition) is 2. The van der Waals surface area contributed by atoms with Crippen LogP contribution in [0.5, 0.6) is 0 Å². The second-order valence-corrected chi connectivity index (χ2v) is 7.66. The van der Waals surface area contributed by atoms with E-state index in [9.17, 15) is 9.59 Å². The number of hydrogen-bond donors (Lipinski definition) is 0. The molecule has 2 heterocycles. The third-order valence-electron chi connectivity index (χ3n) is 6.10. The van der Waals surface area contributed by atoms with Crippen LogP contribution in [0.2, 0.25) is 0 Å². The monoisotopic (exact) mass is 373 g/mol.